The van der Waals surface area contributed by atoms with Crippen LogP contribution in [-0.4, -0.2) is 44.3 Å². The first-order chi connectivity index (χ1) is 13.8. The summed E-state index contributed by atoms with van der Waals surface area (Å²) in [5, 5.41) is 9.41. The summed E-state index contributed by atoms with van der Waals surface area (Å²) in [6.07, 6.45) is 16.4. The third-order valence-corrected chi connectivity index (χ3v) is 7.52. The first-order valence-electron chi connectivity index (χ1n) is 11.5. The minimum absolute atomic E-state index is 0.162. The number of carboxylic acid groups (broad SMARTS) is 1. The summed E-state index contributed by atoms with van der Waals surface area (Å²) in [6, 6.07) is -0.900. The lowest BCUT2D eigenvalue weighted by Crippen LogP contribution is -2.54. The summed E-state index contributed by atoms with van der Waals surface area (Å²) in [5.74, 6) is -1.12. The highest BCUT2D eigenvalue weighted by molar-refractivity contribution is 8.01. The van der Waals surface area contributed by atoms with Crippen LogP contribution in [-0.2, 0) is 14.4 Å². The first kappa shape index (κ1) is 26.0. The summed E-state index contributed by atoms with van der Waals surface area (Å²) < 4.78 is 0. The van der Waals surface area contributed by atoms with Crippen molar-refractivity contribution in [2.24, 2.45) is 0 Å². The maximum atomic E-state index is 12.7. The molecule has 1 rings (SSSR count). The van der Waals surface area contributed by atoms with E-state index in [-0.39, 0.29) is 17.4 Å². The van der Waals surface area contributed by atoms with Crippen molar-refractivity contribution in [3.63, 3.8) is 0 Å². The molecule has 29 heavy (non-hydrogen) atoms. The van der Waals surface area contributed by atoms with Crippen LogP contribution in [0.1, 0.15) is 111 Å². The van der Waals surface area contributed by atoms with E-state index >= 15 is 0 Å². The van der Waals surface area contributed by atoms with E-state index in [9.17, 15) is 19.5 Å². The van der Waals surface area contributed by atoms with Crippen LogP contribution >= 0.6 is 11.8 Å². The van der Waals surface area contributed by atoms with Crippen LogP contribution in [0.2, 0.25) is 0 Å². The van der Waals surface area contributed by atoms with Crippen LogP contribution in [0.25, 0.3) is 0 Å². The summed E-state index contributed by atoms with van der Waals surface area (Å²) in [6.45, 7) is 5.35. The minimum atomic E-state index is -1.04. The van der Waals surface area contributed by atoms with Gasteiger partial charge in [-0.3, -0.25) is 9.59 Å². The van der Waals surface area contributed by atoms with Gasteiger partial charge in [-0.15, -0.1) is 11.8 Å². The van der Waals surface area contributed by atoms with E-state index in [0.717, 1.165) is 19.3 Å². The third-order valence-electron chi connectivity index (χ3n) is 5.99. The normalized spacial score (nSPS) is 21.5. The molecule has 0 aromatic rings. The Kier molecular flexibility index (Phi) is 12.6. The fourth-order valence-electron chi connectivity index (χ4n) is 3.96. The number of nitrogens with zero attached hydrogens (tertiary/aromatic N) is 1. The van der Waals surface area contributed by atoms with Gasteiger partial charge in [-0.25, -0.2) is 4.79 Å². The zero-order valence-electron chi connectivity index (χ0n) is 18.7. The Bertz CT molecular complexity index is 525. The van der Waals surface area contributed by atoms with Crippen molar-refractivity contribution in [2.75, 3.05) is 5.75 Å². The molecule has 2 unspecified atom stereocenters. The lowest BCUT2D eigenvalue weighted by molar-refractivity contribution is -0.153. The number of hydrogen-bond acceptors (Lipinski definition) is 4. The van der Waals surface area contributed by atoms with Crippen molar-refractivity contribution in [2.45, 2.75) is 122 Å². The molecule has 1 aliphatic heterocycles. The van der Waals surface area contributed by atoms with E-state index in [1.165, 1.54) is 87.8 Å². The van der Waals surface area contributed by atoms with Crippen molar-refractivity contribution in [3.8, 4) is 0 Å². The number of aliphatic carboxylic acids is 1. The van der Waals surface area contributed by atoms with Crippen LogP contribution in [0.5, 0.6) is 0 Å². The van der Waals surface area contributed by atoms with Gasteiger partial charge in [-0.05, 0) is 20.3 Å². The SMILES string of the molecule is CCCCCCCCCCCCCCCC(=O)N1C(C(=O)O)CSC1(C)C(C)=O. The molecular formula is C23H41NO4S. The lowest BCUT2D eigenvalue weighted by atomic mass is 10.0. The zero-order chi connectivity index (χ0) is 21.7. The zero-order valence-corrected chi connectivity index (χ0v) is 19.5. The third kappa shape index (κ3) is 8.69. The largest absolute Gasteiger partial charge is 0.480 e. The maximum absolute atomic E-state index is 12.7. The number of Topliss-reactive ketones (excluding diaryl/α,β-unsaturated/α-hetero) is 1. The van der Waals surface area contributed by atoms with Crippen LogP contribution in [0.15, 0.2) is 0 Å². The quantitative estimate of drug-likeness (QED) is 0.315. The van der Waals surface area contributed by atoms with Gasteiger partial charge in [0.15, 0.2) is 5.78 Å². The highest BCUT2D eigenvalue weighted by Gasteiger charge is 2.51. The summed E-state index contributed by atoms with van der Waals surface area (Å²) >= 11 is 1.26. The van der Waals surface area contributed by atoms with E-state index in [1.54, 1.807) is 6.92 Å². The van der Waals surface area contributed by atoms with Gasteiger partial charge in [-0.1, -0.05) is 84.0 Å². The lowest BCUT2D eigenvalue weighted by Gasteiger charge is -2.34. The molecule has 0 spiro atoms. The van der Waals surface area contributed by atoms with Gasteiger partial charge >= 0.3 is 5.97 Å². The molecule has 0 radical (unpaired) electrons. The summed E-state index contributed by atoms with van der Waals surface area (Å²) in [7, 11) is 0. The predicted octanol–water partition coefficient (Wildman–Crippen LogP) is 5.80. The number of rotatable bonds is 16. The molecule has 5 nitrogen and oxygen atoms in total. The molecule has 0 bridgehead atoms. The molecule has 6 heteroatoms. The Labute approximate surface area is 181 Å². The van der Waals surface area contributed by atoms with Crippen molar-refractivity contribution in [1.82, 2.24) is 4.90 Å². The molecule has 1 amide bonds. The smallest absolute Gasteiger partial charge is 0.327 e. The Morgan fingerprint density at radius 1 is 0.897 bits per heavy atom. The maximum Gasteiger partial charge on any atom is 0.327 e. The van der Waals surface area contributed by atoms with Gasteiger partial charge in [0.25, 0.3) is 0 Å². The molecule has 168 valence electrons. The number of thioether (sulfide) groups is 1. The van der Waals surface area contributed by atoms with Gasteiger partial charge in [0.2, 0.25) is 5.91 Å². The van der Waals surface area contributed by atoms with Crippen molar-refractivity contribution < 1.29 is 19.5 Å². The molecule has 1 saturated heterocycles. The average molecular weight is 428 g/mol. The standard InChI is InChI=1S/C23H41NO4S/c1-4-5-6-7-8-9-10-11-12-13-14-15-16-17-21(26)24-20(22(27)28)18-29-23(24,3)19(2)25/h20H,4-18H2,1-3H3,(H,27,28). The van der Waals surface area contributed by atoms with Gasteiger partial charge < -0.3 is 10.0 Å². The van der Waals surface area contributed by atoms with Gasteiger partial charge in [-0.2, -0.15) is 0 Å². The molecule has 0 saturated carbocycles. The Morgan fingerprint density at radius 3 is 1.76 bits per heavy atom. The molecule has 0 aromatic carbocycles. The van der Waals surface area contributed by atoms with Gasteiger partial charge in [0.1, 0.15) is 10.9 Å². The number of unbranched alkanes of at least 4 members (excludes halogenated alkanes) is 12. The van der Waals surface area contributed by atoms with Crippen LogP contribution in [0, 0.1) is 0 Å². The molecule has 1 fully saturated rings. The topological polar surface area (TPSA) is 74.7 Å². The second kappa shape index (κ2) is 14.1. The Balaban J connectivity index is 2.17. The second-order valence-electron chi connectivity index (χ2n) is 8.46. The molecule has 0 aromatic heterocycles. The average Bonchev–Trinajstić information content (AvgIpc) is 3.04. The van der Waals surface area contributed by atoms with E-state index < -0.39 is 16.9 Å². The van der Waals surface area contributed by atoms with Gasteiger partial charge in [0, 0.05) is 12.2 Å². The molecule has 1 heterocycles. The van der Waals surface area contributed by atoms with Crippen molar-refractivity contribution >= 4 is 29.4 Å². The minimum Gasteiger partial charge on any atom is -0.480 e. The number of amides is 1. The molecule has 2 atom stereocenters. The number of carbonyl (C=O) groups is 3. The Hall–Kier alpha value is -1.04. The van der Waals surface area contributed by atoms with E-state index in [1.807, 2.05) is 0 Å². The number of carbonyl (C=O) groups excluding carboxylic acids is 2. The van der Waals surface area contributed by atoms with Crippen molar-refractivity contribution in [3.05, 3.63) is 0 Å². The van der Waals surface area contributed by atoms with Crippen LogP contribution in [0.4, 0.5) is 0 Å². The Morgan fingerprint density at radius 2 is 1.34 bits per heavy atom. The second-order valence-corrected chi connectivity index (χ2v) is 9.88. The molecule has 1 aliphatic rings. The molecule has 0 aliphatic carbocycles. The summed E-state index contributed by atoms with van der Waals surface area (Å²) in [4.78, 5) is 36.5. The van der Waals surface area contributed by atoms with E-state index in [2.05, 4.69) is 6.92 Å². The molecule has 1 N–H and O–H groups in total. The predicted molar refractivity (Wildman–Crippen MR) is 120 cm³/mol. The van der Waals surface area contributed by atoms with Crippen LogP contribution in [0.3, 0.4) is 0 Å². The van der Waals surface area contributed by atoms with E-state index in [4.69, 9.17) is 0 Å². The molecular weight excluding hydrogens is 386 g/mol. The highest BCUT2D eigenvalue weighted by atomic mass is 32.2. The first-order valence-corrected chi connectivity index (χ1v) is 12.5. The number of ketones is 1. The van der Waals surface area contributed by atoms with Crippen molar-refractivity contribution in [1.29, 1.82) is 0 Å². The fraction of sp³-hybridized carbons (Fsp3) is 0.870. The highest BCUT2D eigenvalue weighted by Crippen LogP contribution is 2.40. The number of carboxylic acids is 1. The monoisotopic (exact) mass is 427 g/mol. The number of hydrogen-bond donors (Lipinski definition) is 1. The van der Waals surface area contributed by atoms with Crippen LogP contribution < -0.4 is 0 Å². The van der Waals surface area contributed by atoms with E-state index in [0.29, 0.717) is 6.42 Å². The summed E-state index contributed by atoms with van der Waals surface area (Å²) in [5.41, 5.74) is 0. The van der Waals surface area contributed by atoms with Gasteiger partial charge in [0.05, 0.1) is 0 Å². The fourth-order valence-corrected chi connectivity index (χ4v) is 5.31.